The monoisotopic (exact) mass is 712 g/mol. The van der Waals surface area contributed by atoms with E-state index in [9.17, 15) is 0 Å². The van der Waals surface area contributed by atoms with Crippen molar-refractivity contribution in [2.75, 3.05) is 0 Å². The van der Waals surface area contributed by atoms with Crippen LogP contribution < -0.4 is 0 Å². The summed E-state index contributed by atoms with van der Waals surface area (Å²) in [5.74, 6) is 1.87. The molecule has 7 aromatic carbocycles. The first-order valence-corrected chi connectivity index (χ1v) is 19.2. The summed E-state index contributed by atoms with van der Waals surface area (Å²) in [6.45, 7) is 2.21. The molecule has 0 spiro atoms. The van der Waals surface area contributed by atoms with Gasteiger partial charge in [0.25, 0.3) is 0 Å². The number of aryl methyl sites for hydroxylation is 1. The Kier molecular flexibility index (Phi) is 7.00. The van der Waals surface area contributed by atoms with Crippen LogP contribution in [0.1, 0.15) is 18.9 Å². The van der Waals surface area contributed by atoms with Crippen molar-refractivity contribution < 1.29 is 4.42 Å². The van der Waals surface area contributed by atoms with Gasteiger partial charge in [-0.15, -0.1) is 11.3 Å². The van der Waals surface area contributed by atoms with E-state index in [1.54, 1.807) is 11.3 Å². The van der Waals surface area contributed by atoms with E-state index in [0.29, 0.717) is 17.6 Å². The van der Waals surface area contributed by atoms with Gasteiger partial charge in [0.2, 0.25) is 5.95 Å². The fourth-order valence-corrected chi connectivity index (χ4v) is 9.31. The zero-order chi connectivity index (χ0) is 35.8. The number of nitrogens with zero attached hydrogens (tertiary/aromatic N) is 4. The van der Waals surface area contributed by atoms with Crippen LogP contribution in [0.3, 0.4) is 0 Å². The van der Waals surface area contributed by atoms with E-state index in [1.807, 2.05) is 18.2 Å². The fourth-order valence-electron chi connectivity index (χ4n) is 8.10. The van der Waals surface area contributed by atoms with E-state index in [-0.39, 0.29) is 0 Å². The maximum Gasteiger partial charge on any atom is 0.238 e. The van der Waals surface area contributed by atoms with Crippen molar-refractivity contribution in [2.45, 2.75) is 19.8 Å². The smallest absolute Gasteiger partial charge is 0.238 e. The zero-order valence-corrected chi connectivity index (χ0v) is 30.3. The molecule has 11 aromatic rings. The average molecular weight is 713 g/mol. The quantitative estimate of drug-likeness (QED) is 0.172. The van der Waals surface area contributed by atoms with Crippen molar-refractivity contribution in [3.05, 3.63) is 157 Å². The Hall–Kier alpha value is -6.63. The van der Waals surface area contributed by atoms with Crippen LogP contribution in [-0.2, 0) is 6.42 Å². The highest BCUT2D eigenvalue weighted by Crippen LogP contribution is 2.41. The van der Waals surface area contributed by atoms with Gasteiger partial charge in [0.15, 0.2) is 11.6 Å². The molecule has 4 aromatic heterocycles. The first-order chi connectivity index (χ1) is 26.7. The Labute approximate surface area is 314 Å². The van der Waals surface area contributed by atoms with Gasteiger partial charge in [-0.1, -0.05) is 123 Å². The average Bonchev–Trinajstić information content (AvgIpc) is 3.91. The lowest BCUT2D eigenvalue weighted by molar-refractivity contribution is 0.661. The van der Waals surface area contributed by atoms with Gasteiger partial charge in [0.05, 0.1) is 11.0 Å². The van der Waals surface area contributed by atoms with Gasteiger partial charge >= 0.3 is 0 Å². The molecule has 0 atom stereocenters. The number of para-hydroxylation sites is 2. The first-order valence-electron chi connectivity index (χ1n) is 18.4. The summed E-state index contributed by atoms with van der Waals surface area (Å²) in [4.78, 5) is 15.6. The number of furan rings is 1. The van der Waals surface area contributed by atoms with Crippen LogP contribution in [0, 0.1) is 0 Å². The summed E-state index contributed by atoms with van der Waals surface area (Å²) >= 11 is 1.78. The normalized spacial score (nSPS) is 11.9. The molecule has 0 unspecified atom stereocenters. The van der Waals surface area contributed by atoms with Gasteiger partial charge in [-0.2, -0.15) is 9.97 Å². The number of benzene rings is 7. The summed E-state index contributed by atoms with van der Waals surface area (Å²) in [6.07, 6.45) is 2.08. The highest BCUT2D eigenvalue weighted by atomic mass is 32.1. The lowest BCUT2D eigenvalue weighted by Crippen LogP contribution is -2.06. The second kappa shape index (κ2) is 12.2. The lowest BCUT2D eigenvalue weighted by Gasteiger charge is -2.11. The number of thiophene rings is 1. The van der Waals surface area contributed by atoms with Gasteiger partial charge in [-0.05, 0) is 65.6 Å². The van der Waals surface area contributed by atoms with Gasteiger partial charge in [0.1, 0.15) is 11.2 Å². The van der Waals surface area contributed by atoms with Gasteiger partial charge in [-0.25, -0.2) is 4.98 Å². The minimum Gasteiger partial charge on any atom is -0.456 e. The van der Waals surface area contributed by atoms with E-state index in [2.05, 4.69) is 145 Å². The molecule has 11 rings (SSSR count). The van der Waals surface area contributed by atoms with E-state index in [1.165, 1.54) is 31.1 Å². The standard InChI is InChI=1S/C48H32N4OS/c1-2-12-29-15-10-18-36-34-25-23-32(28-42(34)53-44(29)36)31-24-26-41-39(27-31)33-16-6-8-21-40(33)52(41)48-50-46(30-13-4-3-5-14-30)49-47(51-48)38-20-11-19-37-35-17-7-9-22-43(35)54-45(37)38/h3-11,13-28H,2,12H2,1H3. The molecule has 0 saturated carbocycles. The first kappa shape index (κ1) is 30.9. The molecule has 5 nitrogen and oxygen atoms in total. The summed E-state index contributed by atoms with van der Waals surface area (Å²) in [7, 11) is 0. The second-order valence-electron chi connectivity index (χ2n) is 13.9. The second-order valence-corrected chi connectivity index (χ2v) is 14.9. The van der Waals surface area contributed by atoms with E-state index >= 15 is 0 Å². The number of fused-ring (bicyclic) bond motifs is 9. The Balaban J connectivity index is 1.11. The van der Waals surface area contributed by atoms with Crippen LogP contribution >= 0.6 is 11.3 Å². The Bertz CT molecular complexity index is 3250. The van der Waals surface area contributed by atoms with Crippen LogP contribution in [0.15, 0.2) is 156 Å². The van der Waals surface area contributed by atoms with Gasteiger partial charge < -0.3 is 4.42 Å². The van der Waals surface area contributed by atoms with Crippen molar-refractivity contribution in [1.29, 1.82) is 0 Å². The van der Waals surface area contributed by atoms with Crippen molar-refractivity contribution >= 4 is 75.3 Å². The topological polar surface area (TPSA) is 56.7 Å². The third-order valence-electron chi connectivity index (χ3n) is 10.6. The SMILES string of the molecule is CCCc1cccc2c1oc1cc(-c3ccc4c(c3)c3ccccc3n4-c3nc(-c4ccccc4)nc(-c4cccc5c4sc4ccccc45)n3)ccc12. The van der Waals surface area contributed by atoms with Crippen LogP contribution in [0.4, 0.5) is 0 Å². The number of hydrogen-bond donors (Lipinski definition) is 0. The highest BCUT2D eigenvalue weighted by molar-refractivity contribution is 7.26. The van der Waals surface area contributed by atoms with Crippen LogP contribution in [0.25, 0.3) is 104 Å². The highest BCUT2D eigenvalue weighted by Gasteiger charge is 2.20. The molecule has 54 heavy (non-hydrogen) atoms. The maximum absolute atomic E-state index is 6.53. The number of aromatic nitrogens is 4. The van der Waals surface area contributed by atoms with Gasteiger partial charge in [0, 0.05) is 52.8 Å². The van der Waals surface area contributed by atoms with E-state index in [4.69, 9.17) is 19.4 Å². The third-order valence-corrected chi connectivity index (χ3v) is 11.8. The minimum absolute atomic E-state index is 0.586. The van der Waals surface area contributed by atoms with Crippen LogP contribution in [0.2, 0.25) is 0 Å². The van der Waals surface area contributed by atoms with Crippen LogP contribution in [0.5, 0.6) is 0 Å². The van der Waals surface area contributed by atoms with Crippen molar-refractivity contribution in [3.8, 4) is 39.9 Å². The lowest BCUT2D eigenvalue weighted by atomic mass is 10.0. The van der Waals surface area contributed by atoms with Crippen molar-refractivity contribution in [2.24, 2.45) is 0 Å². The summed E-state index contributed by atoms with van der Waals surface area (Å²) in [6, 6.07) is 53.5. The Morgan fingerprint density at radius 3 is 2.17 bits per heavy atom. The van der Waals surface area contributed by atoms with E-state index in [0.717, 1.165) is 73.5 Å². The molecule has 0 aliphatic carbocycles. The molecule has 256 valence electrons. The summed E-state index contributed by atoms with van der Waals surface area (Å²) in [5.41, 5.74) is 9.43. The molecule has 0 fully saturated rings. The molecular weight excluding hydrogens is 681 g/mol. The number of rotatable bonds is 6. The molecule has 0 radical (unpaired) electrons. The summed E-state index contributed by atoms with van der Waals surface area (Å²) < 4.78 is 11.1. The van der Waals surface area contributed by atoms with Gasteiger partial charge in [-0.3, -0.25) is 4.57 Å². The summed E-state index contributed by atoms with van der Waals surface area (Å²) in [5, 5.41) is 7.05. The van der Waals surface area contributed by atoms with E-state index < -0.39 is 0 Å². The molecule has 0 bridgehead atoms. The van der Waals surface area contributed by atoms with Crippen LogP contribution in [-0.4, -0.2) is 19.5 Å². The molecule has 0 N–H and O–H groups in total. The third kappa shape index (κ3) is 4.80. The maximum atomic E-state index is 6.53. The molecule has 4 heterocycles. The Morgan fingerprint density at radius 1 is 0.537 bits per heavy atom. The molecule has 0 aliphatic heterocycles. The predicted molar refractivity (Wildman–Crippen MR) is 225 cm³/mol. The molecule has 0 aliphatic rings. The molecular formula is C48H32N4OS. The number of hydrogen-bond acceptors (Lipinski definition) is 5. The fraction of sp³-hybridized carbons (Fsp3) is 0.0625. The molecule has 0 saturated heterocycles. The zero-order valence-electron chi connectivity index (χ0n) is 29.5. The Morgan fingerprint density at radius 2 is 1.26 bits per heavy atom. The van der Waals surface area contributed by atoms with Crippen molar-refractivity contribution in [3.63, 3.8) is 0 Å². The predicted octanol–water partition coefficient (Wildman–Crippen LogP) is 13.2. The largest absolute Gasteiger partial charge is 0.456 e. The molecule has 0 amide bonds. The minimum atomic E-state index is 0.586. The molecule has 6 heteroatoms. The van der Waals surface area contributed by atoms with Crippen molar-refractivity contribution in [1.82, 2.24) is 19.5 Å².